The molecule has 0 spiro atoms. The van der Waals surface area contributed by atoms with E-state index in [1.807, 2.05) is 0 Å². The molecule has 19 heavy (non-hydrogen) atoms. The summed E-state index contributed by atoms with van der Waals surface area (Å²) in [7, 11) is 0. The Balaban J connectivity index is 2.08. The van der Waals surface area contributed by atoms with Crippen LogP contribution in [0.4, 0.5) is 0 Å². The molecule has 2 nitrogen and oxygen atoms in total. The first-order valence-corrected chi connectivity index (χ1v) is 8.31. The van der Waals surface area contributed by atoms with Gasteiger partial charge < -0.3 is 0 Å². The second-order valence-electron chi connectivity index (χ2n) is 6.44. The molecule has 1 aliphatic rings. The molecule has 1 fully saturated rings. The van der Waals surface area contributed by atoms with Crippen molar-refractivity contribution in [1.29, 1.82) is 0 Å². The molecule has 1 aliphatic carbocycles. The minimum atomic E-state index is 0.385. The first-order chi connectivity index (χ1) is 9.03. The van der Waals surface area contributed by atoms with Gasteiger partial charge in [0.05, 0.1) is 0 Å². The van der Waals surface area contributed by atoms with Gasteiger partial charge >= 0.3 is 0 Å². The van der Waals surface area contributed by atoms with E-state index in [2.05, 4.69) is 66.1 Å². The summed E-state index contributed by atoms with van der Waals surface area (Å²) in [5.74, 6) is 6.52. The number of benzene rings is 1. The maximum atomic E-state index is 5.85. The average molecular weight is 372 g/mol. The second-order valence-corrected chi connectivity index (χ2v) is 7.69. The van der Waals surface area contributed by atoms with Gasteiger partial charge in [-0.25, -0.2) is 0 Å². The van der Waals surface area contributed by atoms with E-state index in [4.69, 9.17) is 5.84 Å². The molecule has 106 valence electrons. The highest BCUT2D eigenvalue weighted by Gasteiger charge is 2.37. The molecule has 0 radical (unpaired) electrons. The van der Waals surface area contributed by atoms with Gasteiger partial charge in [0.25, 0.3) is 0 Å². The summed E-state index contributed by atoms with van der Waals surface area (Å²) in [6.45, 7) is 4.80. The van der Waals surface area contributed by atoms with Gasteiger partial charge in [0.2, 0.25) is 0 Å². The summed E-state index contributed by atoms with van der Waals surface area (Å²) in [6, 6.07) is 9.19. The van der Waals surface area contributed by atoms with E-state index in [9.17, 15) is 0 Å². The quantitative estimate of drug-likeness (QED) is 0.478. The van der Waals surface area contributed by atoms with E-state index in [0.29, 0.717) is 17.4 Å². The molecule has 3 heteroatoms. The number of rotatable bonds is 4. The van der Waals surface area contributed by atoms with Gasteiger partial charge in [-0.3, -0.25) is 11.3 Å². The van der Waals surface area contributed by atoms with Crippen LogP contribution >= 0.6 is 22.6 Å². The lowest BCUT2D eigenvalue weighted by atomic mass is 9.65. The van der Waals surface area contributed by atoms with Crippen LogP contribution in [0.3, 0.4) is 0 Å². The van der Waals surface area contributed by atoms with E-state index in [1.54, 1.807) is 0 Å². The molecular weight excluding hydrogens is 347 g/mol. The molecule has 3 N–H and O–H groups in total. The Bertz CT molecular complexity index is 400. The predicted octanol–water partition coefficient (Wildman–Crippen LogP) is 3.88. The van der Waals surface area contributed by atoms with Crippen molar-refractivity contribution in [3.05, 3.63) is 33.4 Å². The topological polar surface area (TPSA) is 38.0 Å². The van der Waals surface area contributed by atoms with Crippen molar-refractivity contribution >= 4 is 22.6 Å². The summed E-state index contributed by atoms with van der Waals surface area (Å²) in [5, 5.41) is 0. The molecule has 0 amide bonds. The molecule has 2 unspecified atom stereocenters. The summed E-state index contributed by atoms with van der Waals surface area (Å²) in [6.07, 6.45) is 6.36. The zero-order valence-electron chi connectivity index (χ0n) is 12.0. The summed E-state index contributed by atoms with van der Waals surface area (Å²) in [5.41, 5.74) is 4.87. The number of hydrazine groups is 1. The van der Waals surface area contributed by atoms with Gasteiger partial charge in [-0.05, 0) is 70.9 Å². The lowest BCUT2D eigenvalue weighted by Crippen LogP contribution is -2.48. The van der Waals surface area contributed by atoms with Crippen molar-refractivity contribution in [2.45, 2.75) is 52.0 Å². The molecule has 0 aromatic heterocycles. The van der Waals surface area contributed by atoms with Crippen LogP contribution in [0.5, 0.6) is 0 Å². The Morgan fingerprint density at radius 2 is 2.00 bits per heavy atom. The van der Waals surface area contributed by atoms with Crippen LogP contribution in [-0.4, -0.2) is 6.04 Å². The fourth-order valence-corrected chi connectivity index (χ4v) is 3.82. The third kappa shape index (κ3) is 3.92. The first-order valence-electron chi connectivity index (χ1n) is 7.23. The highest BCUT2D eigenvalue weighted by molar-refractivity contribution is 14.1. The molecule has 1 aromatic carbocycles. The predicted molar refractivity (Wildman–Crippen MR) is 89.7 cm³/mol. The maximum Gasteiger partial charge on any atom is 0.0284 e. The average Bonchev–Trinajstić information content (AvgIpc) is 2.38. The minimum absolute atomic E-state index is 0.385. The van der Waals surface area contributed by atoms with Crippen LogP contribution in [0.2, 0.25) is 0 Å². The van der Waals surface area contributed by atoms with E-state index in [0.717, 1.165) is 6.42 Å². The Kier molecular flexibility index (Phi) is 5.26. The summed E-state index contributed by atoms with van der Waals surface area (Å²) in [4.78, 5) is 0. The van der Waals surface area contributed by atoms with Crippen LogP contribution in [0.25, 0.3) is 0 Å². The third-order valence-corrected chi connectivity index (χ3v) is 5.38. The minimum Gasteiger partial charge on any atom is -0.271 e. The lowest BCUT2D eigenvalue weighted by Gasteiger charge is -2.43. The van der Waals surface area contributed by atoms with Gasteiger partial charge in [0.15, 0.2) is 0 Å². The Morgan fingerprint density at radius 1 is 1.32 bits per heavy atom. The normalized spacial score (nSPS) is 24.1. The van der Waals surface area contributed by atoms with Crippen LogP contribution in [0, 0.1) is 14.9 Å². The van der Waals surface area contributed by atoms with Gasteiger partial charge in [-0.2, -0.15) is 0 Å². The number of hydrogen-bond acceptors (Lipinski definition) is 2. The smallest absolute Gasteiger partial charge is 0.0284 e. The zero-order valence-corrected chi connectivity index (χ0v) is 14.1. The van der Waals surface area contributed by atoms with Gasteiger partial charge in [-0.15, -0.1) is 0 Å². The maximum absolute atomic E-state index is 5.85. The van der Waals surface area contributed by atoms with E-state index in [1.165, 1.54) is 34.8 Å². The molecule has 1 saturated carbocycles. The van der Waals surface area contributed by atoms with Crippen molar-refractivity contribution in [2.75, 3.05) is 0 Å². The van der Waals surface area contributed by atoms with Crippen LogP contribution in [0.15, 0.2) is 24.3 Å². The zero-order chi connectivity index (χ0) is 13.9. The molecule has 0 bridgehead atoms. The molecular formula is C16H25IN2. The van der Waals surface area contributed by atoms with Crippen LogP contribution in [-0.2, 0) is 6.42 Å². The van der Waals surface area contributed by atoms with Gasteiger partial charge in [0, 0.05) is 9.61 Å². The summed E-state index contributed by atoms with van der Waals surface area (Å²) < 4.78 is 1.29. The molecule has 2 atom stereocenters. The van der Waals surface area contributed by atoms with E-state index < -0.39 is 0 Å². The number of hydrogen-bond donors (Lipinski definition) is 2. The lowest BCUT2D eigenvalue weighted by molar-refractivity contribution is 0.0982. The number of nitrogens with one attached hydrogen (secondary N) is 1. The number of nitrogens with two attached hydrogens (primary N) is 1. The highest BCUT2D eigenvalue weighted by Crippen LogP contribution is 2.42. The molecule has 0 saturated heterocycles. The summed E-state index contributed by atoms with van der Waals surface area (Å²) >= 11 is 2.35. The Morgan fingerprint density at radius 3 is 2.58 bits per heavy atom. The molecule has 0 heterocycles. The Hall–Kier alpha value is -0.130. The molecule has 0 aliphatic heterocycles. The van der Waals surface area contributed by atoms with E-state index >= 15 is 0 Å². The third-order valence-electron chi connectivity index (χ3n) is 4.66. The fourth-order valence-electron chi connectivity index (χ4n) is 3.46. The second kappa shape index (κ2) is 6.55. The highest BCUT2D eigenvalue weighted by atomic mass is 127. The monoisotopic (exact) mass is 372 g/mol. The largest absolute Gasteiger partial charge is 0.271 e. The number of halogens is 1. The van der Waals surface area contributed by atoms with Crippen molar-refractivity contribution in [1.82, 2.24) is 5.43 Å². The van der Waals surface area contributed by atoms with Gasteiger partial charge in [0.1, 0.15) is 0 Å². The first kappa shape index (κ1) is 15.3. The van der Waals surface area contributed by atoms with Crippen molar-refractivity contribution in [2.24, 2.45) is 17.2 Å². The standard InChI is InChI=1S/C16H25IN2/c1-16(2)10-4-3-5-14(16)15(19-18)11-12-6-8-13(17)9-7-12/h6-9,14-15,19H,3-5,10-11,18H2,1-2H3. The van der Waals surface area contributed by atoms with Crippen molar-refractivity contribution in [3.8, 4) is 0 Å². The van der Waals surface area contributed by atoms with Gasteiger partial charge in [-0.1, -0.05) is 38.8 Å². The molecule has 1 aromatic rings. The van der Waals surface area contributed by atoms with Crippen LogP contribution in [0.1, 0.15) is 45.1 Å². The fraction of sp³-hybridized carbons (Fsp3) is 0.625. The molecule has 2 rings (SSSR count). The van der Waals surface area contributed by atoms with E-state index in [-0.39, 0.29) is 0 Å². The SMILES string of the molecule is CC1(C)CCCCC1C(Cc1ccc(I)cc1)NN. The van der Waals surface area contributed by atoms with Crippen LogP contribution < -0.4 is 11.3 Å². The van der Waals surface area contributed by atoms with Crippen molar-refractivity contribution in [3.63, 3.8) is 0 Å². The Labute approximate surface area is 130 Å². The van der Waals surface area contributed by atoms with Crippen molar-refractivity contribution < 1.29 is 0 Å².